The van der Waals surface area contributed by atoms with Crippen LogP contribution >= 0.6 is 0 Å². The average molecular weight is 577 g/mol. The van der Waals surface area contributed by atoms with E-state index in [9.17, 15) is 0 Å². The molecule has 3 rings (SSSR count). The summed E-state index contributed by atoms with van der Waals surface area (Å²) in [6.07, 6.45) is 14.8. The molecule has 4 radical (unpaired) electrons. The Morgan fingerprint density at radius 3 is 2.09 bits per heavy atom. The monoisotopic (exact) mass is 577 g/mol. The Morgan fingerprint density at radius 1 is 1.12 bits per heavy atom. The molecule has 34 heavy (non-hydrogen) atoms. The van der Waals surface area contributed by atoms with Gasteiger partial charge in [0.15, 0.2) is 0 Å². The first-order chi connectivity index (χ1) is 14.6. The van der Waals surface area contributed by atoms with Gasteiger partial charge in [0, 0.05) is 14.5 Å². The smallest absolute Gasteiger partial charge is 0.358 e. The van der Waals surface area contributed by atoms with E-state index in [1.54, 1.807) is 0 Å². The zero-order valence-corrected chi connectivity index (χ0v) is 28.4. The summed E-state index contributed by atoms with van der Waals surface area (Å²) in [5.41, 5.74) is 5.02. The molecular weight excluding hydrogens is 525 g/mol. The SMILES string of the molecule is CC.CC.CC.CCC1CCCN1C.[B].[CH2-]CC[CH-]C1=C[C-]=C(c2[c-]cc(C)cc2)C1.[CH3-].[V+2].[Y+3]. The number of nitrogens with zero attached hydrogens (tertiary/aromatic N) is 1. The summed E-state index contributed by atoms with van der Waals surface area (Å²) in [5, 5.41) is 0. The first-order valence-electron chi connectivity index (χ1n) is 12.3. The van der Waals surface area contributed by atoms with Gasteiger partial charge in [-0.3, -0.25) is 12.0 Å². The summed E-state index contributed by atoms with van der Waals surface area (Å²) in [7, 11) is 2.22. The van der Waals surface area contributed by atoms with E-state index >= 15 is 0 Å². The van der Waals surface area contributed by atoms with Crippen molar-refractivity contribution in [2.24, 2.45) is 0 Å². The average Bonchev–Trinajstić information content (AvgIpc) is 3.46. The maximum Gasteiger partial charge on any atom is 3.00 e. The number of benzene rings is 1. The van der Waals surface area contributed by atoms with E-state index in [4.69, 9.17) is 0 Å². The third-order valence-corrected chi connectivity index (χ3v) is 4.86. The Hall–Kier alpha value is 0.283. The zero-order valence-electron chi connectivity index (χ0n) is 24.2. The van der Waals surface area contributed by atoms with Crippen LogP contribution in [-0.2, 0) is 51.3 Å². The molecule has 188 valence electrons. The molecule has 0 bridgehead atoms. The molecule has 0 amide bonds. The largest absolute Gasteiger partial charge is 3.00 e. The van der Waals surface area contributed by atoms with Crippen molar-refractivity contribution < 1.29 is 51.3 Å². The van der Waals surface area contributed by atoms with Crippen molar-refractivity contribution in [2.45, 2.75) is 100.0 Å². The molecule has 0 saturated carbocycles. The van der Waals surface area contributed by atoms with Crippen molar-refractivity contribution in [3.8, 4) is 0 Å². The molecule has 1 aliphatic carbocycles. The van der Waals surface area contributed by atoms with Gasteiger partial charge in [0.2, 0.25) is 0 Å². The molecule has 0 N–H and O–H groups in total. The van der Waals surface area contributed by atoms with E-state index in [1.807, 2.05) is 47.6 Å². The number of hydrogen-bond donors (Lipinski definition) is 0. The van der Waals surface area contributed by atoms with Crippen molar-refractivity contribution in [1.82, 2.24) is 4.90 Å². The molecule has 1 aliphatic heterocycles. The maximum absolute atomic E-state index is 3.84. The molecule has 1 aromatic rings. The quantitative estimate of drug-likeness (QED) is 0.250. The first kappa shape index (κ1) is 47.5. The summed E-state index contributed by atoms with van der Waals surface area (Å²) in [6, 6.07) is 10.5. The molecule has 2 aliphatic rings. The fourth-order valence-electron chi connectivity index (χ4n) is 3.26. The van der Waals surface area contributed by atoms with Crippen LogP contribution in [0.15, 0.2) is 29.8 Å². The standard InChI is InChI=1S/C16H16.C7H15N.3C2H6.CH3.B.V.Y/c1-3-4-5-14-8-11-16(12-14)15-9-6-13(2)7-10-15;1-3-7-5-4-6-8(7)2;3*1-2;;;;/h5-9H,1,3-4,12H2,2H3;7H,3-6H2,1-2H3;3*1-2H3;1H3;;;/q-4;;;;;-1;;+2;+3. The van der Waals surface area contributed by atoms with Crippen molar-refractivity contribution >= 4 is 14.0 Å². The number of rotatable bonds is 5. The summed E-state index contributed by atoms with van der Waals surface area (Å²) in [6.45, 7) is 21.5. The van der Waals surface area contributed by atoms with Crippen LogP contribution in [0.5, 0.6) is 0 Å². The number of likely N-dealkylation sites (tertiary alicyclic amines) is 1. The van der Waals surface area contributed by atoms with E-state index in [1.165, 1.54) is 48.1 Å². The molecular formula is C30H52BNVY. The molecule has 4 heteroatoms. The van der Waals surface area contributed by atoms with Crippen LogP contribution in [0, 0.1) is 39.8 Å². The van der Waals surface area contributed by atoms with E-state index < -0.39 is 0 Å². The van der Waals surface area contributed by atoms with Gasteiger partial charge < -0.3 is 37.0 Å². The summed E-state index contributed by atoms with van der Waals surface area (Å²) in [5.74, 6) is 0. The third kappa shape index (κ3) is 20.5. The second-order valence-electron chi connectivity index (χ2n) is 6.83. The fourth-order valence-corrected chi connectivity index (χ4v) is 3.26. The van der Waals surface area contributed by atoms with Crippen LogP contribution in [0.2, 0.25) is 0 Å². The third-order valence-electron chi connectivity index (χ3n) is 4.86. The van der Waals surface area contributed by atoms with Crippen LogP contribution < -0.4 is 0 Å². The van der Waals surface area contributed by atoms with Gasteiger partial charge in [0.25, 0.3) is 0 Å². The van der Waals surface area contributed by atoms with Gasteiger partial charge >= 0.3 is 51.3 Å². The van der Waals surface area contributed by atoms with Gasteiger partial charge in [-0.2, -0.15) is 24.6 Å². The zero-order chi connectivity index (χ0) is 23.4. The minimum atomic E-state index is 0. The molecule has 1 aromatic carbocycles. The van der Waals surface area contributed by atoms with E-state index in [0.717, 1.165) is 25.3 Å². The maximum atomic E-state index is 3.84. The van der Waals surface area contributed by atoms with Crippen LogP contribution in [0.3, 0.4) is 0 Å². The van der Waals surface area contributed by atoms with Crippen molar-refractivity contribution in [1.29, 1.82) is 0 Å². The van der Waals surface area contributed by atoms with E-state index in [0.29, 0.717) is 0 Å². The van der Waals surface area contributed by atoms with Gasteiger partial charge in [-0.15, -0.1) is 18.4 Å². The van der Waals surface area contributed by atoms with E-state index in [-0.39, 0.29) is 67.1 Å². The molecule has 0 spiro atoms. The normalized spacial score (nSPS) is 14.8. The Kier molecular flexibility index (Phi) is 46.5. The predicted octanol–water partition coefficient (Wildman–Crippen LogP) is 8.76. The Labute approximate surface area is 255 Å². The minimum absolute atomic E-state index is 0. The molecule has 1 unspecified atom stereocenters. The number of aryl methyl sites for hydroxylation is 1. The topological polar surface area (TPSA) is 3.24 Å². The summed E-state index contributed by atoms with van der Waals surface area (Å²) in [4.78, 5) is 2.46. The minimum Gasteiger partial charge on any atom is -0.358 e. The Balaban J connectivity index is -0.0000000942. The van der Waals surface area contributed by atoms with Crippen LogP contribution in [0.1, 0.15) is 98.1 Å². The van der Waals surface area contributed by atoms with Crippen molar-refractivity contribution in [3.05, 3.63) is 73.9 Å². The molecule has 1 fully saturated rings. The molecule has 1 atom stereocenters. The van der Waals surface area contributed by atoms with Crippen LogP contribution in [-0.4, -0.2) is 32.9 Å². The van der Waals surface area contributed by atoms with Gasteiger partial charge in [-0.05, 0) is 32.9 Å². The molecule has 1 heterocycles. The number of allylic oxidation sites excluding steroid dienone is 4. The first-order valence-corrected chi connectivity index (χ1v) is 12.3. The van der Waals surface area contributed by atoms with E-state index in [2.05, 4.69) is 69.5 Å². The fraction of sp³-hybridized carbons (Fsp3) is 0.567. The summed E-state index contributed by atoms with van der Waals surface area (Å²) < 4.78 is 0. The van der Waals surface area contributed by atoms with Crippen LogP contribution in [0.25, 0.3) is 5.57 Å². The number of unbranched alkanes of at least 4 members (excludes halogenated alkanes) is 1. The summed E-state index contributed by atoms with van der Waals surface area (Å²) >= 11 is 0. The molecule has 1 saturated heterocycles. The second-order valence-corrected chi connectivity index (χ2v) is 6.83. The Bertz CT molecular complexity index is 570. The van der Waals surface area contributed by atoms with Gasteiger partial charge in [0.1, 0.15) is 0 Å². The van der Waals surface area contributed by atoms with Gasteiger partial charge in [-0.25, -0.2) is 11.6 Å². The molecule has 1 nitrogen and oxygen atoms in total. The van der Waals surface area contributed by atoms with Crippen molar-refractivity contribution in [3.63, 3.8) is 0 Å². The van der Waals surface area contributed by atoms with Gasteiger partial charge in [0.05, 0.1) is 0 Å². The van der Waals surface area contributed by atoms with Gasteiger partial charge in [-0.1, -0.05) is 55.4 Å². The second kappa shape index (κ2) is 33.3. The predicted molar refractivity (Wildman–Crippen MR) is 150 cm³/mol. The Morgan fingerprint density at radius 2 is 1.71 bits per heavy atom. The molecule has 0 aromatic heterocycles. The number of hydrogen-bond acceptors (Lipinski definition) is 1. The van der Waals surface area contributed by atoms with Crippen molar-refractivity contribution in [2.75, 3.05) is 13.6 Å². The van der Waals surface area contributed by atoms with Crippen LogP contribution in [0.4, 0.5) is 0 Å².